The Morgan fingerprint density at radius 1 is 1.18 bits per heavy atom. The van der Waals surface area contributed by atoms with Gasteiger partial charge in [-0.05, 0) is 83.3 Å². The van der Waals surface area contributed by atoms with Crippen molar-refractivity contribution in [3.63, 3.8) is 0 Å². The molecule has 0 bridgehead atoms. The Hall–Kier alpha value is -2.37. The fourth-order valence-electron chi connectivity index (χ4n) is 3.62. The molecule has 2 aliphatic carbocycles. The van der Waals surface area contributed by atoms with Crippen LogP contribution < -0.4 is 4.74 Å². The first-order valence-corrected chi connectivity index (χ1v) is 10.2. The molecular formula is C22H29N3O3. The summed E-state index contributed by atoms with van der Waals surface area (Å²) in [5.74, 6) is 3.33. The molecule has 2 aliphatic rings. The lowest BCUT2D eigenvalue weighted by Gasteiger charge is -2.20. The van der Waals surface area contributed by atoms with Gasteiger partial charge in [0.15, 0.2) is 5.82 Å². The predicted octanol–water partition coefficient (Wildman–Crippen LogP) is 4.35. The SMILES string of the molecule is Cc1nc(-n2ccc(OCC(C3CC3)C3CC3)n2)ccc1C(=O)OC(C)(C)C. The van der Waals surface area contributed by atoms with Gasteiger partial charge in [0.05, 0.1) is 17.9 Å². The van der Waals surface area contributed by atoms with E-state index in [1.165, 1.54) is 25.7 Å². The second-order valence-electron chi connectivity index (χ2n) is 9.05. The highest BCUT2D eigenvalue weighted by Crippen LogP contribution is 2.49. The van der Waals surface area contributed by atoms with Gasteiger partial charge in [0, 0.05) is 12.3 Å². The number of aromatic nitrogens is 3. The number of carbonyl (C=O) groups excluding carboxylic acids is 1. The molecule has 0 N–H and O–H groups in total. The van der Waals surface area contributed by atoms with Crippen LogP contribution in [0.5, 0.6) is 5.88 Å². The number of esters is 1. The molecule has 0 amide bonds. The Labute approximate surface area is 166 Å². The number of nitrogens with zero attached hydrogens (tertiary/aromatic N) is 3. The number of pyridine rings is 1. The van der Waals surface area contributed by atoms with Crippen molar-refractivity contribution >= 4 is 5.97 Å². The highest BCUT2D eigenvalue weighted by Gasteiger charge is 2.41. The minimum Gasteiger partial charge on any atom is -0.476 e. The van der Waals surface area contributed by atoms with Crippen LogP contribution in [0.25, 0.3) is 5.82 Å². The van der Waals surface area contributed by atoms with E-state index in [9.17, 15) is 4.79 Å². The van der Waals surface area contributed by atoms with Gasteiger partial charge >= 0.3 is 5.97 Å². The van der Waals surface area contributed by atoms with Crippen molar-refractivity contribution in [3.8, 4) is 11.7 Å². The normalized spacial score (nSPS) is 17.0. The maximum absolute atomic E-state index is 12.3. The van der Waals surface area contributed by atoms with Gasteiger partial charge < -0.3 is 9.47 Å². The first-order valence-electron chi connectivity index (χ1n) is 10.2. The van der Waals surface area contributed by atoms with Crippen LogP contribution in [-0.4, -0.2) is 32.9 Å². The molecule has 2 heterocycles. The molecule has 0 spiro atoms. The fourth-order valence-corrected chi connectivity index (χ4v) is 3.62. The molecule has 2 fully saturated rings. The number of carbonyl (C=O) groups is 1. The van der Waals surface area contributed by atoms with Gasteiger partial charge in [-0.1, -0.05) is 0 Å². The van der Waals surface area contributed by atoms with Gasteiger partial charge in [0.25, 0.3) is 0 Å². The van der Waals surface area contributed by atoms with Crippen LogP contribution >= 0.6 is 0 Å². The van der Waals surface area contributed by atoms with Gasteiger partial charge in [-0.2, -0.15) is 0 Å². The van der Waals surface area contributed by atoms with Crippen molar-refractivity contribution in [2.24, 2.45) is 17.8 Å². The van der Waals surface area contributed by atoms with Crippen LogP contribution in [0, 0.1) is 24.7 Å². The highest BCUT2D eigenvalue weighted by molar-refractivity contribution is 5.90. The number of ether oxygens (including phenoxy) is 2. The van der Waals surface area contributed by atoms with Crippen molar-refractivity contribution in [3.05, 3.63) is 35.7 Å². The summed E-state index contributed by atoms with van der Waals surface area (Å²) in [6, 6.07) is 5.39. The standard InChI is InChI=1S/C22H29N3O3/c1-14-17(21(26)28-22(2,3)4)9-10-19(23-14)25-12-11-20(24-25)27-13-18(15-5-6-15)16-7-8-16/h9-12,15-16,18H,5-8,13H2,1-4H3. The molecule has 6 heteroatoms. The summed E-state index contributed by atoms with van der Waals surface area (Å²) < 4.78 is 13.1. The van der Waals surface area contributed by atoms with E-state index >= 15 is 0 Å². The van der Waals surface area contributed by atoms with Gasteiger partial charge in [-0.3, -0.25) is 0 Å². The topological polar surface area (TPSA) is 66.2 Å². The van der Waals surface area contributed by atoms with Crippen LogP contribution in [0.3, 0.4) is 0 Å². The molecule has 2 aromatic heterocycles. The Bertz CT molecular complexity index is 848. The van der Waals surface area contributed by atoms with E-state index in [0.29, 0.717) is 28.9 Å². The van der Waals surface area contributed by atoms with Crippen LogP contribution in [0.4, 0.5) is 0 Å². The van der Waals surface area contributed by atoms with Crippen molar-refractivity contribution in [2.45, 2.75) is 59.0 Å². The number of hydrogen-bond acceptors (Lipinski definition) is 5. The second-order valence-corrected chi connectivity index (χ2v) is 9.05. The predicted molar refractivity (Wildman–Crippen MR) is 106 cm³/mol. The number of aryl methyl sites for hydroxylation is 1. The summed E-state index contributed by atoms with van der Waals surface area (Å²) in [5.41, 5.74) is 0.557. The molecule has 2 saturated carbocycles. The molecule has 0 radical (unpaired) electrons. The van der Waals surface area contributed by atoms with Crippen molar-refractivity contribution in [2.75, 3.05) is 6.61 Å². The van der Waals surface area contributed by atoms with Crippen molar-refractivity contribution < 1.29 is 14.3 Å². The number of hydrogen-bond donors (Lipinski definition) is 0. The van der Waals surface area contributed by atoms with Crippen LogP contribution in [-0.2, 0) is 4.74 Å². The number of rotatable bonds is 7. The van der Waals surface area contributed by atoms with Crippen molar-refractivity contribution in [1.29, 1.82) is 0 Å². The summed E-state index contributed by atoms with van der Waals surface area (Å²) in [5, 5.41) is 4.50. The molecule has 0 saturated heterocycles. The van der Waals surface area contributed by atoms with E-state index in [1.807, 2.05) is 33.0 Å². The lowest BCUT2D eigenvalue weighted by Crippen LogP contribution is -2.24. The molecule has 0 unspecified atom stereocenters. The molecular weight excluding hydrogens is 354 g/mol. The zero-order valence-corrected chi connectivity index (χ0v) is 17.1. The Morgan fingerprint density at radius 2 is 1.86 bits per heavy atom. The monoisotopic (exact) mass is 383 g/mol. The summed E-state index contributed by atoms with van der Waals surface area (Å²) in [7, 11) is 0. The smallest absolute Gasteiger partial charge is 0.340 e. The highest BCUT2D eigenvalue weighted by atomic mass is 16.6. The Balaban J connectivity index is 1.41. The molecule has 28 heavy (non-hydrogen) atoms. The van der Waals surface area contributed by atoms with E-state index in [0.717, 1.165) is 18.4 Å². The third-order valence-electron chi connectivity index (χ3n) is 5.37. The Kier molecular flexibility index (Phi) is 4.89. The average Bonchev–Trinajstić information content (AvgIpc) is 3.53. The summed E-state index contributed by atoms with van der Waals surface area (Å²) in [4.78, 5) is 16.8. The third-order valence-corrected chi connectivity index (χ3v) is 5.37. The molecule has 0 atom stereocenters. The molecule has 0 aromatic carbocycles. The van der Waals surface area contributed by atoms with E-state index < -0.39 is 5.60 Å². The lowest BCUT2D eigenvalue weighted by atomic mass is 9.99. The summed E-state index contributed by atoms with van der Waals surface area (Å²) in [6.45, 7) is 8.12. The van der Waals surface area contributed by atoms with Gasteiger partial charge in [-0.15, -0.1) is 5.10 Å². The third kappa shape index (κ3) is 4.54. The van der Waals surface area contributed by atoms with Crippen LogP contribution in [0.1, 0.15) is 62.5 Å². The minimum atomic E-state index is -0.533. The summed E-state index contributed by atoms with van der Waals surface area (Å²) >= 11 is 0. The maximum Gasteiger partial charge on any atom is 0.340 e. The molecule has 6 nitrogen and oxygen atoms in total. The first kappa shape index (κ1) is 19.0. The van der Waals surface area contributed by atoms with E-state index in [-0.39, 0.29) is 5.97 Å². The van der Waals surface area contributed by atoms with Gasteiger partial charge in [0.1, 0.15) is 5.60 Å². The van der Waals surface area contributed by atoms with E-state index in [4.69, 9.17) is 9.47 Å². The largest absolute Gasteiger partial charge is 0.476 e. The maximum atomic E-state index is 12.3. The summed E-state index contributed by atoms with van der Waals surface area (Å²) in [6.07, 6.45) is 7.25. The molecule has 4 rings (SSSR count). The minimum absolute atomic E-state index is 0.361. The lowest BCUT2D eigenvalue weighted by molar-refractivity contribution is 0.00682. The molecule has 0 aliphatic heterocycles. The second kappa shape index (κ2) is 7.22. The zero-order chi connectivity index (χ0) is 19.9. The van der Waals surface area contributed by atoms with E-state index in [2.05, 4.69) is 10.1 Å². The van der Waals surface area contributed by atoms with Gasteiger partial charge in [0.2, 0.25) is 5.88 Å². The fraction of sp³-hybridized carbons (Fsp3) is 0.591. The molecule has 150 valence electrons. The van der Waals surface area contributed by atoms with E-state index in [1.54, 1.807) is 23.7 Å². The average molecular weight is 383 g/mol. The van der Waals surface area contributed by atoms with Crippen molar-refractivity contribution in [1.82, 2.24) is 14.8 Å². The van der Waals surface area contributed by atoms with Crippen LogP contribution in [0.2, 0.25) is 0 Å². The Morgan fingerprint density at radius 3 is 2.43 bits per heavy atom. The first-order chi connectivity index (χ1) is 13.3. The van der Waals surface area contributed by atoms with Crippen LogP contribution in [0.15, 0.2) is 24.4 Å². The van der Waals surface area contributed by atoms with Gasteiger partial charge in [-0.25, -0.2) is 14.5 Å². The quantitative estimate of drug-likeness (QED) is 0.665. The molecule has 2 aromatic rings. The zero-order valence-electron chi connectivity index (χ0n) is 17.1.